The quantitative estimate of drug-likeness (QED) is 0.608. The zero-order valence-corrected chi connectivity index (χ0v) is 8.18. The number of anilines is 1. The smallest absolute Gasteiger partial charge is 0.255 e. The van der Waals surface area contributed by atoms with E-state index in [1.165, 1.54) is 4.57 Å². The summed E-state index contributed by atoms with van der Waals surface area (Å²) < 4.78 is 1.48. The summed E-state index contributed by atoms with van der Waals surface area (Å²) in [6, 6.07) is 1.58. The Hall–Kier alpha value is -1.58. The SMILES string of the molecule is Cn1cnc(N2CC=CCC2)cc1=O. The van der Waals surface area contributed by atoms with Crippen molar-refractivity contribution < 1.29 is 0 Å². The van der Waals surface area contributed by atoms with Crippen molar-refractivity contribution in [2.75, 3.05) is 18.0 Å². The number of aryl methyl sites for hydroxylation is 1. The number of rotatable bonds is 1. The standard InChI is InChI=1S/C10H13N3O/c1-12-8-11-9(7-10(12)14)13-5-3-2-4-6-13/h2-3,7-8H,4-6H2,1H3. The lowest BCUT2D eigenvalue weighted by molar-refractivity contribution is 0.771. The van der Waals surface area contributed by atoms with Crippen molar-refractivity contribution in [3.05, 3.63) is 34.9 Å². The number of hydrogen-bond donors (Lipinski definition) is 0. The van der Waals surface area contributed by atoms with Gasteiger partial charge in [0.05, 0.1) is 6.33 Å². The Morgan fingerprint density at radius 1 is 1.43 bits per heavy atom. The van der Waals surface area contributed by atoms with Crippen molar-refractivity contribution in [3.8, 4) is 0 Å². The molecule has 1 aromatic heterocycles. The van der Waals surface area contributed by atoms with Crippen LogP contribution in [0, 0.1) is 0 Å². The van der Waals surface area contributed by atoms with Crippen molar-refractivity contribution in [3.63, 3.8) is 0 Å². The van der Waals surface area contributed by atoms with Crippen LogP contribution in [0.15, 0.2) is 29.3 Å². The summed E-state index contributed by atoms with van der Waals surface area (Å²) in [6.45, 7) is 1.79. The van der Waals surface area contributed by atoms with Gasteiger partial charge in [0, 0.05) is 26.2 Å². The van der Waals surface area contributed by atoms with E-state index in [0.29, 0.717) is 0 Å². The Balaban J connectivity index is 2.28. The lowest BCUT2D eigenvalue weighted by Crippen LogP contribution is -2.29. The summed E-state index contributed by atoms with van der Waals surface area (Å²) in [6.07, 6.45) is 6.84. The van der Waals surface area contributed by atoms with Gasteiger partial charge in [0.25, 0.3) is 5.56 Å². The fourth-order valence-corrected chi connectivity index (χ4v) is 1.47. The van der Waals surface area contributed by atoms with Crippen LogP contribution >= 0.6 is 0 Å². The molecule has 0 spiro atoms. The molecule has 74 valence electrons. The van der Waals surface area contributed by atoms with Gasteiger partial charge in [-0.15, -0.1) is 0 Å². The number of hydrogen-bond acceptors (Lipinski definition) is 3. The van der Waals surface area contributed by atoms with E-state index in [9.17, 15) is 4.79 Å². The van der Waals surface area contributed by atoms with Gasteiger partial charge in [0.15, 0.2) is 0 Å². The molecule has 0 saturated carbocycles. The first-order valence-corrected chi connectivity index (χ1v) is 4.70. The molecule has 0 aromatic carbocycles. The van der Waals surface area contributed by atoms with E-state index in [4.69, 9.17) is 0 Å². The average Bonchev–Trinajstić information content (AvgIpc) is 2.23. The zero-order chi connectivity index (χ0) is 9.97. The second-order valence-electron chi connectivity index (χ2n) is 3.40. The zero-order valence-electron chi connectivity index (χ0n) is 8.18. The predicted molar refractivity (Wildman–Crippen MR) is 55.4 cm³/mol. The Morgan fingerprint density at radius 2 is 2.29 bits per heavy atom. The van der Waals surface area contributed by atoms with Gasteiger partial charge in [-0.1, -0.05) is 12.2 Å². The van der Waals surface area contributed by atoms with E-state index in [2.05, 4.69) is 22.0 Å². The van der Waals surface area contributed by atoms with Crippen molar-refractivity contribution in [1.29, 1.82) is 0 Å². The second-order valence-corrected chi connectivity index (χ2v) is 3.40. The van der Waals surface area contributed by atoms with Gasteiger partial charge in [-0.05, 0) is 6.42 Å². The summed E-state index contributed by atoms with van der Waals surface area (Å²) in [5.41, 5.74) is -0.00967. The predicted octanol–water partition coefficient (Wildman–Crippen LogP) is 0.547. The van der Waals surface area contributed by atoms with Gasteiger partial charge < -0.3 is 9.47 Å². The first-order valence-electron chi connectivity index (χ1n) is 4.70. The number of aromatic nitrogens is 2. The summed E-state index contributed by atoms with van der Waals surface area (Å²) in [7, 11) is 1.70. The lowest BCUT2D eigenvalue weighted by Gasteiger charge is -2.24. The van der Waals surface area contributed by atoms with Crippen molar-refractivity contribution in [2.24, 2.45) is 7.05 Å². The highest BCUT2D eigenvalue weighted by atomic mass is 16.1. The van der Waals surface area contributed by atoms with Crippen LogP contribution in [0.4, 0.5) is 5.82 Å². The Kier molecular flexibility index (Phi) is 2.35. The molecule has 0 amide bonds. The van der Waals surface area contributed by atoms with Gasteiger partial charge in [0.2, 0.25) is 0 Å². The monoisotopic (exact) mass is 191 g/mol. The molecule has 1 aliphatic heterocycles. The van der Waals surface area contributed by atoms with Crippen LogP contribution in [0.25, 0.3) is 0 Å². The molecule has 0 bridgehead atoms. The Morgan fingerprint density at radius 3 is 2.93 bits per heavy atom. The van der Waals surface area contributed by atoms with E-state index < -0.39 is 0 Å². The third-order valence-electron chi connectivity index (χ3n) is 2.35. The molecule has 0 atom stereocenters. The molecule has 1 aromatic rings. The first kappa shape index (κ1) is 8.99. The van der Waals surface area contributed by atoms with Crippen LogP contribution in [-0.4, -0.2) is 22.6 Å². The molecule has 0 radical (unpaired) electrons. The molecule has 0 aliphatic carbocycles. The summed E-state index contributed by atoms with van der Waals surface area (Å²) >= 11 is 0. The Bertz CT molecular complexity index is 408. The average molecular weight is 191 g/mol. The normalized spacial score (nSPS) is 15.9. The molecule has 1 aliphatic rings. The largest absolute Gasteiger partial charge is 0.352 e. The molecule has 0 saturated heterocycles. The van der Waals surface area contributed by atoms with Gasteiger partial charge in [-0.3, -0.25) is 4.79 Å². The molecule has 2 rings (SSSR count). The fraction of sp³-hybridized carbons (Fsp3) is 0.400. The van der Waals surface area contributed by atoms with Crippen molar-refractivity contribution in [1.82, 2.24) is 9.55 Å². The van der Waals surface area contributed by atoms with Gasteiger partial charge >= 0.3 is 0 Å². The van der Waals surface area contributed by atoms with E-state index in [-0.39, 0.29) is 5.56 Å². The van der Waals surface area contributed by atoms with E-state index in [0.717, 1.165) is 25.3 Å². The number of nitrogens with zero attached hydrogens (tertiary/aromatic N) is 3. The van der Waals surface area contributed by atoms with Crippen LogP contribution in [0.1, 0.15) is 6.42 Å². The topological polar surface area (TPSA) is 38.1 Å². The third-order valence-corrected chi connectivity index (χ3v) is 2.35. The first-order chi connectivity index (χ1) is 6.77. The van der Waals surface area contributed by atoms with Crippen LogP contribution < -0.4 is 10.5 Å². The van der Waals surface area contributed by atoms with Crippen LogP contribution in [0.3, 0.4) is 0 Å². The van der Waals surface area contributed by atoms with Gasteiger partial charge in [0.1, 0.15) is 5.82 Å². The molecular formula is C10H13N3O. The molecule has 14 heavy (non-hydrogen) atoms. The second kappa shape index (κ2) is 3.65. The van der Waals surface area contributed by atoms with Crippen LogP contribution in [0.2, 0.25) is 0 Å². The summed E-state index contributed by atoms with van der Waals surface area (Å²) in [5.74, 6) is 0.775. The van der Waals surface area contributed by atoms with Crippen LogP contribution in [-0.2, 0) is 7.05 Å². The Labute approximate surface area is 82.5 Å². The minimum atomic E-state index is -0.00967. The van der Waals surface area contributed by atoms with Crippen LogP contribution in [0.5, 0.6) is 0 Å². The van der Waals surface area contributed by atoms with E-state index in [1.807, 2.05) is 0 Å². The molecule has 0 unspecified atom stereocenters. The molecule has 2 heterocycles. The lowest BCUT2D eigenvalue weighted by atomic mass is 10.2. The highest BCUT2D eigenvalue weighted by Crippen LogP contribution is 2.10. The maximum absolute atomic E-state index is 11.4. The van der Waals surface area contributed by atoms with Crippen molar-refractivity contribution in [2.45, 2.75) is 6.42 Å². The molecule has 4 nitrogen and oxygen atoms in total. The van der Waals surface area contributed by atoms with E-state index in [1.54, 1.807) is 19.4 Å². The summed E-state index contributed by atoms with van der Waals surface area (Å²) in [5, 5.41) is 0. The minimum absolute atomic E-state index is 0.00967. The maximum atomic E-state index is 11.4. The van der Waals surface area contributed by atoms with E-state index >= 15 is 0 Å². The highest BCUT2D eigenvalue weighted by molar-refractivity contribution is 5.38. The highest BCUT2D eigenvalue weighted by Gasteiger charge is 2.08. The summed E-state index contributed by atoms with van der Waals surface area (Å²) in [4.78, 5) is 17.7. The maximum Gasteiger partial charge on any atom is 0.255 e. The molecule has 0 N–H and O–H groups in total. The van der Waals surface area contributed by atoms with Crippen molar-refractivity contribution >= 4 is 5.82 Å². The third kappa shape index (κ3) is 1.69. The molecule has 4 heteroatoms. The minimum Gasteiger partial charge on any atom is -0.352 e. The molecular weight excluding hydrogens is 178 g/mol. The van der Waals surface area contributed by atoms with Gasteiger partial charge in [-0.25, -0.2) is 4.98 Å². The fourth-order valence-electron chi connectivity index (χ4n) is 1.47. The molecule has 0 fully saturated rings. The van der Waals surface area contributed by atoms with Gasteiger partial charge in [-0.2, -0.15) is 0 Å².